The number of allylic oxidation sites excluding steroid dienone is 2. The number of β-lactam (4-membered cyclic amide) rings is 1. The number of alkyl halides is 3. The Hall–Kier alpha value is -3.28. The first-order valence-corrected chi connectivity index (χ1v) is 12.3. The monoisotopic (exact) mass is 594 g/mol. The minimum atomic E-state index is -4.58. The number of fused-ring (bicyclic) bond motifs is 1. The van der Waals surface area contributed by atoms with Crippen LogP contribution in [0.1, 0.15) is 33.3 Å². The fraction of sp³-hybridized carbons (Fsp3) is 0.409. The summed E-state index contributed by atoms with van der Waals surface area (Å²) in [5.74, 6) is -4.83. The number of rotatable bonds is 7. The van der Waals surface area contributed by atoms with Gasteiger partial charge in [-0.1, -0.05) is 5.16 Å². The van der Waals surface area contributed by atoms with Crippen LogP contribution in [0, 0.1) is 0 Å². The molecule has 18 heteroatoms. The number of carbonyl (C=O) groups excluding carboxylic acids is 4. The zero-order chi connectivity index (χ0) is 28.6. The number of carbonyl (C=O) groups is 5. The Bertz CT molecular complexity index is 1370. The Morgan fingerprint density at radius 3 is 2.62 bits per heavy atom. The first kappa shape index (κ1) is 31.3. The van der Waals surface area contributed by atoms with Gasteiger partial charge in [0.2, 0.25) is 5.91 Å². The van der Waals surface area contributed by atoms with Gasteiger partial charge in [0.15, 0.2) is 10.8 Å². The minimum Gasteiger partial charge on any atom is -1.00 e. The van der Waals surface area contributed by atoms with E-state index >= 15 is 0 Å². The van der Waals surface area contributed by atoms with Crippen molar-refractivity contribution in [3.05, 3.63) is 34.0 Å². The predicted octanol–water partition coefficient (Wildman–Crippen LogP) is -2.34. The van der Waals surface area contributed by atoms with E-state index in [2.05, 4.69) is 20.3 Å². The number of nitrogens with one attached hydrogen (secondary N) is 1. The summed E-state index contributed by atoms with van der Waals surface area (Å²) in [5.41, 5.74) is 4.86. The number of aliphatic carboxylic acids is 1. The largest absolute Gasteiger partial charge is 1.00 e. The average molecular weight is 595 g/mol. The summed E-state index contributed by atoms with van der Waals surface area (Å²) < 4.78 is 38.2. The maximum Gasteiger partial charge on any atom is 1.00 e. The van der Waals surface area contributed by atoms with Crippen molar-refractivity contribution in [3.8, 4) is 0 Å². The number of hydrogen-bond donors (Lipinski definition) is 3. The number of carboxylic acids is 1. The van der Waals surface area contributed by atoms with Gasteiger partial charge < -0.3 is 27.3 Å². The van der Waals surface area contributed by atoms with E-state index in [1.807, 2.05) is 0 Å². The van der Waals surface area contributed by atoms with Gasteiger partial charge in [0, 0.05) is 24.4 Å². The number of carboxylic acid groups (broad SMARTS) is 1. The number of aromatic nitrogens is 1. The van der Waals surface area contributed by atoms with Crippen LogP contribution in [0.2, 0.25) is 0 Å². The van der Waals surface area contributed by atoms with Crippen LogP contribution in [-0.4, -0.2) is 86.6 Å². The van der Waals surface area contributed by atoms with E-state index in [4.69, 9.17) is 5.73 Å². The molecule has 40 heavy (non-hydrogen) atoms. The maximum absolute atomic E-state index is 13.0. The van der Waals surface area contributed by atoms with E-state index < -0.39 is 65.9 Å². The number of anilines is 1. The summed E-state index contributed by atoms with van der Waals surface area (Å²) in [5, 5.41) is 17.3. The molecule has 13 nitrogen and oxygen atoms in total. The van der Waals surface area contributed by atoms with Gasteiger partial charge in [-0.25, -0.2) is 14.6 Å². The van der Waals surface area contributed by atoms with Crippen LogP contribution in [0.3, 0.4) is 0 Å². The van der Waals surface area contributed by atoms with Gasteiger partial charge in [-0.3, -0.25) is 19.3 Å². The number of hydrogen-bond acceptors (Lipinski definition) is 10. The van der Waals surface area contributed by atoms with Crippen LogP contribution in [0.4, 0.5) is 18.3 Å². The SMILES string of the molecule is CC(=O)O/N=C(\C(=O)N[C@@H]1C(=O)N2C(C(=O)O)=C(/C=C3\CCN(CC(F)(F)F)C3=O)CC[C@H]12)c1csc(N)n1.[H-].[Na+]. The second kappa shape index (κ2) is 12.1. The molecule has 0 aromatic carbocycles. The van der Waals surface area contributed by atoms with Gasteiger partial charge in [0.1, 0.15) is 24.0 Å². The molecule has 3 amide bonds. The van der Waals surface area contributed by atoms with Gasteiger partial charge in [-0.15, -0.1) is 11.3 Å². The molecule has 0 spiro atoms. The summed E-state index contributed by atoms with van der Waals surface area (Å²) in [6, 6.07) is -1.90. The van der Waals surface area contributed by atoms with E-state index in [0.29, 0.717) is 4.90 Å². The fourth-order valence-corrected chi connectivity index (χ4v) is 5.08. The number of thiazole rings is 1. The number of nitrogens with two attached hydrogens (primary N) is 1. The average Bonchev–Trinajstić information content (AvgIpc) is 3.41. The molecule has 0 saturated carbocycles. The fourth-order valence-electron chi connectivity index (χ4n) is 4.53. The molecule has 4 heterocycles. The Balaban J connectivity index is 0.00000294. The van der Waals surface area contributed by atoms with Gasteiger partial charge in [0.05, 0.1) is 6.04 Å². The molecular formula is C22H22F3N6NaO7S. The van der Waals surface area contributed by atoms with Gasteiger partial charge in [0.25, 0.3) is 11.8 Å². The predicted molar refractivity (Wildman–Crippen MR) is 128 cm³/mol. The Morgan fingerprint density at radius 1 is 1.35 bits per heavy atom. The first-order valence-electron chi connectivity index (χ1n) is 11.4. The smallest absolute Gasteiger partial charge is 1.00 e. The van der Waals surface area contributed by atoms with Gasteiger partial charge in [-0.2, -0.15) is 13.2 Å². The molecule has 3 aliphatic heterocycles. The summed E-state index contributed by atoms with van der Waals surface area (Å²) in [6.45, 7) is -0.525. The Kier molecular flexibility index (Phi) is 9.43. The molecule has 2 atom stereocenters. The summed E-state index contributed by atoms with van der Waals surface area (Å²) in [7, 11) is 0. The summed E-state index contributed by atoms with van der Waals surface area (Å²) >= 11 is 0.992. The van der Waals surface area contributed by atoms with Crippen molar-refractivity contribution in [1.82, 2.24) is 20.1 Å². The third-order valence-electron chi connectivity index (χ3n) is 6.14. The van der Waals surface area contributed by atoms with Crippen LogP contribution < -0.4 is 40.6 Å². The van der Waals surface area contributed by atoms with Crippen molar-refractivity contribution in [2.45, 2.75) is 44.4 Å². The molecule has 0 bridgehead atoms. The molecule has 0 unspecified atom stereocenters. The third-order valence-corrected chi connectivity index (χ3v) is 6.81. The Morgan fingerprint density at radius 2 is 2.05 bits per heavy atom. The van der Waals surface area contributed by atoms with Crippen molar-refractivity contribution in [2.24, 2.45) is 5.16 Å². The van der Waals surface area contributed by atoms with Crippen molar-refractivity contribution in [1.29, 1.82) is 0 Å². The molecule has 3 aliphatic rings. The van der Waals surface area contributed by atoms with Crippen molar-refractivity contribution >= 4 is 51.8 Å². The first-order chi connectivity index (χ1) is 18.3. The van der Waals surface area contributed by atoms with Crippen LogP contribution in [-0.2, 0) is 28.8 Å². The van der Waals surface area contributed by atoms with Crippen LogP contribution >= 0.6 is 11.3 Å². The molecule has 4 rings (SSSR count). The van der Waals surface area contributed by atoms with Crippen LogP contribution in [0.15, 0.2) is 33.5 Å². The molecule has 0 aliphatic carbocycles. The minimum absolute atomic E-state index is 0. The standard InChI is InChI=1S/C22H21F3N6O7S.Na.H/c1-9(32)38-29-14(12-7-39-21(26)27-12)17(33)28-15-13-3-2-10(16(20(36)37)31(13)19(15)35)6-11-4-5-30(18(11)34)8-22(23,24)25;;/h6-7,13,15H,2-5,8H2,1H3,(H2,26,27)(H,28,33)(H,36,37);;/q;+1;-1/b11-6+,29-14-;;/t13-,15+;;/m1../s1. The Labute approximate surface area is 251 Å². The van der Waals surface area contributed by atoms with E-state index in [-0.39, 0.29) is 78.8 Å². The van der Waals surface area contributed by atoms with Gasteiger partial charge >= 0.3 is 47.7 Å². The van der Waals surface area contributed by atoms with Gasteiger partial charge in [-0.05, 0) is 30.9 Å². The number of amides is 3. The second-order valence-corrected chi connectivity index (χ2v) is 9.69. The normalized spacial score (nSPS) is 22.1. The number of oxime groups is 1. The summed E-state index contributed by atoms with van der Waals surface area (Å²) in [4.78, 5) is 71.6. The van der Waals surface area contributed by atoms with E-state index in [1.165, 1.54) is 11.5 Å². The van der Waals surface area contributed by atoms with Crippen LogP contribution in [0.25, 0.3) is 0 Å². The number of nitrogens with zero attached hydrogens (tertiary/aromatic N) is 4. The van der Waals surface area contributed by atoms with E-state index in [1.54, 1.807) is 0 Å². The van der Waals surface area contributed by atoms with E-state index in [9.17, 15) is 42.3 Å². The maximum atomic E-state index is 13.0. The molecule has 210 valence electrons. The molecule has 4 N–H and O–H groups in total. The van der Waals surface area contributed by atoms with Crippen molar-refractivity contribution in [3.63, 3.8) is 0 Å². The second-order valence-electron chi connectivity index (χ2n) is 8.80. The molecule has 0 radical (unpaired) electrons. The van der Waals surface area contributed by atoms with Crippen molar-refractivity contribution < 1.29 is 78.1 Å². The third kappa shape index (κ3) is 6.54. The van der Waals surface area contributed by atoms with E-state index in [0.717, 1.165) is 23.2 Å². The molecular weight excluding hydrogens is 572 g/mol. The number of halogens is 3. The molecule has 1 aromatic rings. The summed E-state index contributed by atoms with van der Waals surface area (Å²) in [6.07, 6.45) is -3.09. The quantitative estimate of drug-likeness (QED) is 0.0777. The molecule has 1 aromatic heterocycles. The number of likely N-dealkylation sites (tertiary alicyclic amines) is 1. The zero-order valence-corrected chi connectivity index (χ0v) is 24.0. The van der Waals surface area contributed by atoms with Crippen LogP contribution in [0.5, 0.6) is 0 Å². The molecule has 2 fully saturated rings. The molecule has 2 saturated heterocycles. The zero-order valence-electron chi connectivity index (χ0n) is 22.1. The topological polar surface area (TPSA) is 185 Å². The van der Waals surface area contributed by atoms with Crippen molar-refractivity contribution in [2.75, 3.05) is 18.8 Å². The number of nitrogen functional groups attached to an aromatic ring is 1.